The van der Waals surface area contributed by atoms with Crippen LogP contribution >= 0.6 is 0 Å². The van der Waals surface area contributed by atoms with Crippen LogP contribution in [0.3, 0.4) is 0 Å². The molecule has 0 spiro atoms. The van der Waals surface area contributed by atoms with E-state index in [1.165, 1.54) is 29.1 Å². The van der Waals surface area contributed by atoms with E-state index in [0.717, 1.165) is 6.42 Å². The molecule has 0 amide bonds. The van der Waals surface area contributed by atoms with E-state index in [9.17, 15) is 18.7 Å². The van der Waals surface area contributed by atoms with E-state index in [1.54, 1.807) is 6.07 Å². The highest BCUT2D eigenvalue weighted by Crippen LogP contribution is 2.26. The Bertz CT molecular complexity index is 641. The van der Waals surface area contributed by atoms with E-state index in [0.29, 0.717) is 12.1 Å². The maximum atomic E-state index is 12.2. The highest BCUT2D eigenvalue weighted by atomic mass is 19.3. The fourth-order valence-corrected chi connectivity index (χ4v) is 1.95. The molecule has 1 heterocycles. The third kappa shape index (κ3) is 3.56. The normalized spacial score (nSPS) is 10.9. The number of carboxylic acids is 1. The van der Waals surface area contributed by atoms with Crippen molar-refractivity contribution in [2.75, 3.05) is 0 Å². The molecule has 0 aliphatic heterocycles. The highest BCUT2D eigenvalue weighted by molar-refractivity contribution is 5.94. The second-order valence-electron chi connectivity index (χ2n) is 4.37. The van der Waals surface area contributed by atoms with Gasteiger partial charge in [-0.2, -0.15) is 13.9 Å². The number of aryl methyl sites for hydroxylation is 1. The van der Waals surface area contributed by atoms with Gasteiger partial charge in [-0.15, -0.1) is 0 Å². The Balaban J connectivity index is 2.42. The Hall–Kier alpha value is -2.44. The average molecular weight is 296 g/mol. The van der Waals surface area contributed by atoms with Crippen LogP contribution in [0.15, 0.2) is 30.5 Å². The third-order valence-corrected chi connectivity index (χ3v) is 2.78. The molecular weight excluding hydrogens is 282 g/mol. The van der Waals surface area contributed by atoms with Crippen LogP contribution in [0.25, 0.3) is 11.3 Å². The molecular formula is C14H14F2N2O3. The summed E-state index contributed by atoms with van der Waals surface area (Å²) in [5, 5.41) is 13.4. The first-order chi connectivity index (χ1) is 10.0. The number of halogens is 2. The van der Waals surface area contributed by atoms with Crippen molar-refractivity contribution in [3.8, 4) is 17.0 Å². The van der Waals surface area contributed by atoms with Crippen molar-refractivity contribution in [2.24, 2.45) is 0 Å². The topological polar surface area (TPSA) is 64.4 Å². The minimum atomic E-state index is -2.93. The number of benzene rings is 1. The molecule has 0 saturated heterocycles. The molecule has 1 aromatic heterocycles. The Kier molecular flexibility index (Phi) is 4.52. The maximum Gasteiger partial charge on any atom is 0.387 e. The summed E-state index contributed by atoms with van der Waals surface area (Å²) in [6.45, 7) is -0.413. The zero-order valence-electron chi connectivity index (χ0n) is 11.3. The van der Waals surface area contributed by atoms with Gasteiger partial charge >= 0.3 is 12.6 Å². The van der Waals surface area contributed by atoms with Gasteiger partial charge in [0, 0.05) is 18.3 Å². The van der Waals surface area contributed by atoms with Gasteiger partial charge < -0.3 is 9.84 Å². The van der Waals surface area contributed by atoms with E-state index in [2.05, 4.69) is 9.84 Å². The first kappa shape index (κ1) is 15.0. The van der Waals surface area contributed by atoms with Crippen molar-refractivity contribution in [1.82, 2.24) is 9.78 Å². The molecule has 112 valence electrons. The number of alkyl halides is 2. The molecule has 0 aliphatic carbocycles. The van der Waals surface area contributed by atoms with Crippen LogP contribution in [0.5, 0.6) is 5.75 Å². The molecule has 5 nitrogen and oxygen atoms in total. The summed E-state index contributed by atoms with van der Waals surface area (Å²) in [5.74, 6) is -1.16. The van der Waals surface area contributed by atoms with E-state index in [1.807, 2.05) is 6.92 Å². The van der Waals surface area contributed by atoms with Crippen molar-refractivity contribution in [2.45, 2.75) is 26.5 Å². The number of carbonyl (C=O) groups is 1. The number of carboxylic acid groups (broad SMARTS) is 1. The first-order valence-corrected chi connectivity index (χ1v) is 6.37. The molecule has 2 aromatic rings. The number of rotatable bonds is 6. The van der Waals surface area contributed by atoms with Gasteiger partial charge in [0.05, 0.1) is 0 Å². The van der Waals surface area contributed by atoms with Crippen LogP contribution in [0.2, 0.25) is 0 Å². The highest BCUT2D eigenvalue weighted by Gasteiger charge is 2.17. The van der Waals surface area contributed by atoms with Gasteiger partial charge in [0.25, 0.3) is 0 Å². The fraction of sp³-hybridized carbons (Fsp3) is 0.286. The smallest absolute Gasteiger partial charge is 0.387 e. The Morgan fingerprint density at radius 1 is 1.48 bits per heavy atom. The number of nitrogens with zero attached hydrogens (tertiary/aromatic N) is 2. The molecule has 0 unspecified atom stereocenters. The fourth-order valence-electron chi connectivity index (χ4n) is 1.95. The van der Waals surface area contributed by atoms with E-state index in [-0.39, 0.29) is 17.0 Å². The Morgan fingerprint density at radius 3 is 2.86 bits per heavy atom. The van der Waals surface area contributed by atoms with Crippen molar-refractivity contribution in [1.29, 1.82) is 0 Å². The molecule has 0 atom stereocenters. The molecule has 0 fully saturated rings. The number of ether oxygens (including phenoxy) is 1. The summed E-state index contributed by atoms with van der Waals surface area (Å²) in [6.07, 6.45) is 2.23. The lowest BCUT2D eigenvalue weighted by Gasteiger charge is -2.06. The summed E-state index contributed by atoms with van der Waals surface area (Å²) in [7, 11) is 0. The predicted molar refractivity (Wildman–Crippen MR) is 71.5 cm³/mol. The van der Waals surface area contributed by atoms with E-state index < -0.39 is 12.6 Å². The van der Waals surface area contributed by atoms with E-state index >= 15 is 0 Å². The summed E-state index contributed by atoms with van der Waals surface area (Å²) >= 11 is 0. The molecule has 0 radical (unpaired) electrons. The predicted octanol–water partition coefficient (Wildman–Crippen LogP) is 3.26. The SMILES string of the molecule is CCCn1cc(C(=O)O)c(-c2cccc(OC(F)F)c2)n1. The maximum absolute atomic E-state index is 12.2. The lowest BCUT2D eigenvalue weighted by atomic mass is 10.1. The monoisotopic (exact) mass is 296 g/mol. The zero-order valence-corrected chi connectivity index (χ0v) is 11.3. The van der Waals surface area contributed by atoms with Crippen LogP contribution < -0.4 is 4.74 Å². The van der Waals surface area contributed by atoms with Crippen molar-refractivity contribution >= 4 is 5.97 Å². The van der Waals surface area contributed by atoms with Gasteiger partial charge in [0.1, 0.15) is 17.0 Å². The van der Waals surface area contributed by atoms with Gasteiger partial charge in [-0.05, 0) is 18.6 Å². The molecule has 7 heteroatoms. The number of aromatic nitrogens is 2. The average Bonchev–Trinajstić information content (AvgIpc) is 2.83. The molecule has 0 bridgehead atoms. The van der Waals surface area contributed by atoms with Crippen LogP contribution in [-0.2, 0) is 6.54 Å². The van der Waals surface area contributed by atoms with Gasteiger partial charge in [-0.3, -0.25) is 4.68 Å². The molecule has 1 aromatic carbocycles. The first-order valence-electron chi connectivity index (χ1n) is 6.37. The second-order valence-corrected chi connectivity index (χ2v) is 4.37. The lowest BCUT2D eigenvalue weighted by molar-refractivity contribution is -0.0498. The number of hydrogen-bond acceptors (Lipinski definition) is 3. The van der Waals surface area contributed by atoms with Gasteiger partial charge in [0.15, 0.2) is 0 Å². The summed E-state index contributed by atoms with van der Waals surface area (Å²) < 4.78 is 30.3. The van der Waals surface area contributed by atoms with Crippen LogP contribution in [-0.4, -0.2) is 27.5 Å². The largest absolute Gasteiger partial charge is 0.478 e. The summed E-state index contributed by atoms with van der Waals surface area (Å²) in [4.78, 5) is 11.3. The van der Waals surface area contributed by atoms with E-state index in [4.69, 9.17) is 0 Å². The van der Waals surface area contributed by atoms with Crippen LogP contribution in [0.1, 0.15) is 23.7 Å². The molecule has 1 N–H and O–H groups in total. The van der Waals surface area contributed by atoms with Gasteiger partial charge in [-0.1, -0.05) is 19.1 Å². The molecule has 0 saturated carbocycles. The minimum Gasteiger partial charge on any atom is -0.478 e. The number of aromatic carboxylic acids is 1. The molecule has 2 rings (SSSR count). The summed E-state index contributed by atoms with van der Waals surface area (Å²) in [5.41, 5.74) is 0.675. The Morgan fingerprint density at radius 2 is 2.24 bits per heavy atom. The molecule has 0 aliphatic rings. The quantitative estimate of drug-likeness (QED) is 0.888. The van der Waals surface area contributed by atoms with Crippen molar-refractivity contribution < 1.29 is 23.4 Å². The molecule has 21 heavy (non-hydrogen) atoms. The van der Waals surface area contributed by atoms with Gasteiger partial charge in [0.2, 0.25) is 0 Å². The lowest BCUT2D eigenvalue weighted by Crippen LogP contribution is -2.02. The summed E-state index contributed by atoms with van der Waals surface area (Å²) in [6, 6.07) is 5.83. The third-order valence-electron chi connectivity index (χ3n) is 2.78. The van der Waals surface area contributed by atoms with Crippen LogP contribution in [0.4, 0.5) is 8.78 Å². The Labute approximate surface area is 119 Å². The number of hydrogen-bond donors (Lipinski definition) is 1. The zero-order chi connectivity index (χ0) is 15.4. The minimum absolute atomic E-state index is 0.0256. The van der Waals surface area contributed by atoms with Crippen molar-refractivity contribution in [3.63, 3.8) is 0 Å². The van der Waals surface area contributed by atoms with Crippen molar-refractivity contribution in [3.05, 3.63) is 36.0 Å². The second kappa shape index (κ2) is 6.34. The van der Waals surface area contributed by atoms with Gasteiger partial charge in [-0.25, -0.2) is 4.79 Å². The van der Waals surface area contributed by atoms with Crippen LogP contribution in [0, 0.1) is 0 Å². The standard InChI is InChI=1S/C14H14F2N2O3/c1-2-6-18-8-11(13(19)20)12(17-18)9-4-3-5-10(7-9)21-14(15)16/h3-5,7-8,14H,2,6H2,1H3,(H,19,20).